The van der Waals surface area contributed by atoms with Gasteiger partial charge in [0.25, 0.3) is 0 Å². The van der Waals surface area contributed by atoms with E-state index < -0.39 is 5.54 Å². The zero-order valence-electron chi connectivity index (χ0n) is 15.3. The van der Waals surface area contributed by atoms with Crippen molar-refractivity contribution >= 4 is 17.7 Å². The number of rotatable bonds is 6. The van der Waals surface area contributed by atoms with Crippen molar-refractivity contribution in [3.05, 3.63) is 11.4 Å². The molecule has 132 valence electrons. The molecule has 0 aliphatic heterocycles. The van der Waals surface area contributed by atoms with Crippen molar-refractivity contribution in [1.82, 2.24) is 14.9 Å². The predicted octanol–water partition coefficient (Wildman–Crippen LogP) is 3.76. The van der Waals surface area contributed by atoms with E-state index in [0.29, 0.717) is 6.04 Å². The van der Waals surface area contributed by atoms with Crippen LogP contribution in [0.15, 0.2) is 5.16 Å². The minimum absolute atomic E-state index is 0.0569. The lowest BCUT2D eigenvalue weighted by Crippen LogP contribution is -2.49. The van der Waals surface area contributed by atoms with E-state index in [-0.39, 0.29) is 17.6 Å². The minimum Gasteiger partial charge on any atom is -0.337 e. The number of carbonyl (C=O) groups excluding carboxylic acids is 1. The summed E-state index contributed by atoms with van der Waals surface area (Å²) in [5.41, 5.74) is 1.41. The van der Waals surface area contributed by atoms with E-state index in [0.717, 1.165) is 10.9 Å². The monoisotopic (exact) mass is 348 g/mol. The number of aryl methyl sites for hydroxylation is 1. The Kier molecular flexibility index (Phi) is 5.97. The summed E-state index contributed by atoms with van der Waals surface area (Å²) in [5, 5.41) is 13.1. The Morgan fingerprint density at radius 3 is 2.62 bits per heavy atom. The smallest absolute Gasteiger partial charge is 0.231 e. The van der Waals surface area contributed by atoms with Gasteiger partial charge in [0.05, 0.1) is 17.5 Å². The van der Waals surface area contributed by atoms with Crippen molar-refractivity contribution in [2.24, 2.45) is 5.92 Å². The number of aromatic nitrogens is 2. The first-order chi connectivity index (χ1) is 11.3. The van der Waals surface area contributed by atoms with Crippen molar-refractivity contribution in [3.8, 4) is 6.07 Å². The third kappa shape index (κ3) is 3.94. The Bertz CT molecular complexity index is 640. The Balaban J connectivity index is 2.06. The summed E-state index contributed by atoms with van der Waals surface area (Å²) >= 11 is 1.47. The Hall–Kier alpha value is -1.48. The van der Waals surface area contributed by atoms with Crippen LogP contribution in [0.1, 0.15) is 63.9 Å². The molecule has 1 amide bonds. The largest absolute Gasteiger partial charge is 0.337 e. The number of hydrogen-bond acceptors (Lipinski definition) is 4. The summed E-state index contributed by atoms with van der Waals surface area (Å²) in [4.78, 5) is 17.0. The fraction of sp³-hybridized carbons (Fsp3) is 0.722. The Morgan fingerprint density at radius 2 is 2.08 bits per heavy atom. The van der Waals surface area contributed by atoms with E-state index in [2.05, 4.69) is 27.9 Å². The molecule has 1 heterocycles. The Labute approximate surface area is 149 Å². The molecule has 1 aromatic heterocycles. The summed E-state index contributed by atoms with van der Waals surface area (Å²) in [5.74, 6) is 0.225. The second-order valence-electron chi connectivity index (χ2n) is 7.18. The maximum atomic E-state index is 12.3. The zero-order chi connectivity index (χ0) is 17.9. The van der Waals surface area contributed by atoms with Crippen LogP contribution >= 0.6 is 11.8 Å². The summed E-state index contributed by atoms with van der Waals surface area (Å²) in [7, 11) is 0. The highest BCUT2D eigenvalue weighted by Gasteiger charge is 2.30. The molecule has 1 aliphatic rings. The topological polar surface area (TPSA) is 70.7 Å². The van der Waals surface area contributed by atoms with Gasteiger partial charge in [0.1, 0.15) is 5.54 Å². The molecule has 0 aromatic carbocycles. The minimum atomic E-state index is -0.829. The normalized spacial score (nSPS) is 17.7. The number of nitriles is 1. The van der Waals surface area contributed by atoms with Crippen LogP contribution in [0.5, 0.6) is 0 Å². The van der Waals surface area contributed by atoms with Gasteiger partial charge in [-0.05, 0) is 39.5 Å². The summed E-state index contributed by atoms with van der Waals surface area (Å²) < 4.78 is 2.31. The molecule has 5 nitrogen and oxygen atoms in total. The summed E-state index contributed by atoms with van der Waals surface area (Å²) in [6.07, 6.45) is 4.91. The first-order valence-electron chi connectivity index (χ1n) is 8.69. The number of carbonyl (C=O) groups is 1. The molecule has 6 heteroatoms. The lowest BCUT2D eigenvalue weighted by atomic mass is 9.90. The van der Waals surface area contributed by atoms with E-state index >= 15 is 0 Å². The van der Waals surface area contributed by atoms with Gasteiger partial charge in [-0.15, -0.1) is 0 Å². The number of nitrogens with zero attached hydrogens (tertiary/aromatic N) is 3. The van der Waals surface area contributed by atoms with E-state index in [1.807, 2.05) is 20.8 Å². The molecule has 0 saturated heterocycles. The van der Waals surface area contributed by atoms with Gasteiger partial charge in [-0.1, -0.05) is 38.5 Å². The first-order valence-corrected chi connectivity index (χ1v) is 9.67. The highest BCUT2D eigenvalue weighted by molar-refractivity contribution is 7.99. The molecule has 1 aromatic rings. The van der Waals surface area contributed by atoms with Crippen molar-refractivity contribution in [2.75, 3.05) is 5.75 Å². The van der Waals surface area contributed by atoms with Gasteiger partial charge in [0.15, 0.2) is 5.16 Å². The van der Waals surface area contributed by atoms with E-state index in [9.17, 15) is 10.1 Å². The molecule has 0 spiro atoms. The van der Waals surface area contributed by atoms with Crippen molar-refractivity contribution in [3.63, 3.8) is 0 Å². The molecule has 1 atom stereocenters. The fourth-order valence-electron chi connectivity index (χ4n) is 3.05. The van der Waals surface area contributed by atoms with Gasteiger partial charge in [-0.3, -0.25) is 4.79 Å². The maximum absolute atomic E-state index is 12.3. The van der Waals surface area contributed by atoms with Gasteiger partial charge in [0, 0.05) is 11.7 Å². The fourth-order valence-corrected chi connectivity index (χ4v) is 4.01. The number of amides is 1. The van der Waals surface area contributed by atoms with E-state index in [1.54, 1.807) is 6.92 Å². The second kappa shape index (κ2) is 7.60. The zero-order valence-corrected chi connectivity index (χ0v) is 16.2. The highest BCUT2D eigenvalue weighted by Crippen LogP contribution is 2.35. The van der Waals surface area contributed by atoms with Gasteiger partial charge < -0.3 is 9.88 Å². The molecule has 0 unspecified atom stereocenters. The van der Waals surface area contributed by atoms with Crippen LogP contribution in [0.25, 0.3) is 0 Å². The lowest BCUT2D eigenvalue weighted by molar-refractivity contribution is -0.120. The van der Waals surface area contributed by atoms with Crippen LogP contribution in [0.3, 0.4) is 0 Å². The molecule has 1 saturated carbocycles. The summed E-state index contributed by atoms with van der Waals surface area (Å²) in [6.45, 7) is 9.78. The lowest BCUT2D eigenvalue weighted by Gasteiger charge is -2.27. The van der Waals surface area contributed by atoms with Gasteiger partial charge in [-0.25, -0.2) is 4.98 Å². The second-order valence-corrected chi connectivity index (χ2v) is 8.12. The molecule has 1 aliphatic carbocycles. The third-order valence-corrected chi connectivity index (χ3v) is 6.12. The van der Waals surface area contributed by atoms with Crippen LogP contribution in [-0.2, 0) is 4.79 Å². The van der Waals surface area contributed by atoms with Crippen molar-refractivity contribution in [2.45, 2.75) is 77.0 Å². The predicted molar refractivity (Wildman–Crippen MR) is 96.9 cm³/mol. The van der Waals surface area contributed by atoms with Crippen LogP contribution in [-0.4, -0.2) is 26.8 Å². The van der Waals surface area contributed by atoms with Crippen LogP contribution in [0.2, 0.25) is 0 Å². The van der Waals surface area contributed by atoms with Crippen LogP contribution in [0, 0.1) is 31.1 Å². The highest BCUT2D eigenvalue weighted by atomic mass is 32.2. The van der Waals surface area contributed by atoms with Crippen molar-refractivity contribution in [1.29, 1.82) is 5.26 Å². The standard InChI is InChI=1S/C18H28N4OS/c1-12(2)18(5,11-19)21-16(23)10-24-17-20-13(3)14(4)22(17)15-8-6-7-9-15/h12,15H,6-10H2,1-5H3,(H,21,23)/t18-/m0/s1. The number of imidazole rings is 1. The van der Waals surface area contributed by atoms with Crippen LogP contribution in [0.4, 0.5) is 0 Å². The molecule has 2 rings (SSSR count). The van der Waals surface area contributed by atoms with Crippen molar-refractivity contribution < 1.29 is 4.79 Å². The number of nitrogens with one attached hydrogen (secondary N) is 1. The van der Waals surface area contributed by atoms with E-state index in [1.165, 1.54) is 43.1 Å². The van der Waals surface area contributed by atoms with Gasteiger partial charge >= 0.3 is 0 Å². The SMILES string of the molecule is Cc1nc(SCC(=O)N[C@@](C)(C#N)C(C)C)n(C2CCCC2)c1C. The molecule has 1 N–H and O–H groups in total. The maximum Gasteiger partial charge on any atom is 0.231 e. The summed E-state index contributed by atoms with van der Waals surface area (Å²) in [6, 6.07) is 2.73. The Morgan fingerprint density at radius 1 is 1.46 bits per heavy atom. The average Bonchev–Trinajstić information content (AvgIpc) is 3.14. The quantitative estimate of drug-likeness (QED) is 0.795. The van der Waals surface area contributed by atoms with Crippen LogP contribution < -0.4 is 5.32 Å². The molecule has 24 heavy (non-hydrogen) atoms. The third-order valence-electron chi connectivity index (χ3n) is 5.16. The van der Waals surface area contributed by atoms with Gasteiger partial charge in [-0.2, -0.15) is 5.26 Å². The molecule has 0 bridgehead atoms. The molecular formula is C18H28N4OS. The molecule has 1 fully saturated rings. The molecule has 0 radical (unpaired) electrons. The van der Waals surface area contributed by atoms with E-state index in [4.69, 9.17) is 0 Å². The number of hydrogen-bond donors (Lipinski definition) is 1. The van der Waals surface area contributed by atoms with Gasteiger partial charge in [0.2, 0.25) is 5.91 Å². The molecular weight excluding hydrogens is 320 g/mol. The average molecular weight is 349 g/mol. The first kappa shape index (κ1) is 18.9. The number of thioether (sulfide) groups is 1.